The summed E-state index contributed by atoms with van der Waals surface area (Å²) in [6.07, 6.45) is -11.7. The molecule has 0 amide bonds. The quantitative estimate of drug-likeness (QED) is 0.0537. The number of carbonyl (C=O) groups is 1. The van der Waals surface area contributed by atoms with E-state index < -0.39 is 125 Å². The van der Waals surface area contributed by atoms with Crippen LogP contribution in [0.15, 0.2) is 75.5 Å². The van der Waals surface area contributed by atoms with E-state index in [9.17, 15) is 65.8 Å². The first-order valence-corrected chi connectivity index (χ1v) is 16.7. The molecule has 2 fully saturated rings. The lowest BCUT2D eigenvalue weighted by Crippen LogP contribution is -2.64. The highest BCUT2D eigenvalue weighted by Gasteiger charge is 2.51. The van der Waals surface area contributed by atoms with Crippen LogP contribution in [0.5, 0.6) is 28.7 Å². The molecule has 19 nitrogen and oxygen atoms in total. The average molecular weight is 775 g/mol. The molecule has 2 aromatic carbocycles. The Hall–Kier alpha value is -5.06. The zero-order chi connectivity index (χ0) is 39.9. The Morgan fingerprint density at radius 2 is 1.64 bits per heavy atom. The molecule has 1 aliphatic carbocycles. The van der Waals surface area contributed by atoms with Crippen molar-refractivity contribution in [3.63, 3.8) is 0 Å². The third-order valence-corrected chi connectivity index (χ3v) is 9.12. The van der Waals surface area contributed by atoms with Gasteiger partial charge in [0.1, 0.15) is 65.7 Å². The Kier molecular flexibility index (Phi) is 11.2. The second-order valence-corrected chi connectivity index (χ2v) is 13.1. The molecule has 55 heavy (non-hydrogen) atoms. The number of hydrogen-bond acceptors (Lipinski definition) is 19. The highest BCUT2D eigenvalue weighted by Crippen LogP contribution is 2.40. The monoisotopic (exact) mass is 774 g/mol. The van der Waals surface area contributed by atoms with Crippen molar-refractivity contribution in [3.8, 4) is 40.1 Å². The van der Waals surface area contributed by atoms with Crippen molar-refractivity contribution < 1.29 is 89.1 Å². The van der Waals surface area contributed by atoms with Gasteiger partial charge in [-0.2, -0.15) is 0 Å². The van der Waals surface area contributed by atoms with Crippen molar-refractivity contribution in [2.45, 2.75) is 80.5 Å². The number of fused-ring (bicyclic) bond motifs is 1. The predicted molar refractivity (Wildman–Crippen MR) is 182 cm³/mol. The molecule has 0 saturated carbocycles. The topological polar surface area (TPSA) is 316 Å². The number of rotatable bonds is 9. The Labute approximate surface area is 309 Å². The zero-order valence-corrected chi connectivity index (χ0v) is 28.6. The van der Waals surface area contributed by atoms with E-state index in [0.717, 1.165) is 36.4 Å². The fourth-order valence-electron chi connectivity index (χ4n) is 6.04. The van der Waals surface area contributed by atoms with Gasteiger partial charge in [-0.15, -0.1) is 0 Å². The van der Waals surface area contributed by atoms with Crippen molar-refractivity contribution in [2.24, 2.45) is 0 Å². The maximum atomic E-state index is 13.9. The minimum atomic E-state index is -2.02. The van der Waals surface area contributed by atoms with Gasteiger partial charge in [0.15, 0.2) is 35.4 Å². The third kappa shape index (κ3) is 8.31. The van der Waals surface area contributed by atoms with Gasteiger partial charge in [0.05, 0.1) is 6.10 Å². The summed E-state index contributed by atoms with van der Waals surface area (Å²) in [4.78, 5) is 26.3. The van der Waals surface area contributed by atoms with Crippen LogP contribution in [0.3, 0.4) is 0 Å². The summed E-state index contributed by atoms with van der Waals surface area (Å²) >= 11 is 0. The van der Waals surface area contributed by atoms with E-state index >= 15 is 0 Å². The maximum Gasteiger partial charge on any atom is 0.330 e. The molecule has 3 aromatic rings. The van der Waals surface area contributed by atoms with Crippen LogP contribution in [-0.4, -0.2) is 136 Å². The molecule has 11 N–H and O–H groups in total. The first-order valence-electron chi connectivity index (χ1n) is 16.7. The first kappa shape index (κ1) is 39.6. The molecule has 19 heteroatoms. The number of benzene rings is 2. The van der Waals surface area contributed by atoms with Gasteiger partial charge in [0.25, 0.3) is 0 Å². The van der Waals surface area contributed by atoms with Crippen LogP contribution in [0.25, 0.3) is 22.3 Å². The Bertz CT molecular complexity index is 2070. The Morgan fingerprint density at radius 3 is 2.33 bits per heavy atom. The van der Waals surface area contributed by atoms with E-state index in [1.807, 2.05) is 0 Å². The van der Waals surface area contributed by atoms with Crippen LogP contribution < -0.4 is 10.2 Å². The standard InChI is InChI=1S/C36H38O19/c1-14-25(42)29(46)33(55-34-30(47)28(45)26(43)22(53-34)13-50-23(41)5-2-15-6-8-36(48,49)9-7-15)35(51-14)54-32-27(44)24-20(40)11-17(37)12-21(24)52-31(32)16-3-4-18(38)19(39)10-16/h2-8,10-12,14,22,25-26,28-30,33-35,37-40,42-43,45-49H,9,13H2,1H3/b5-2+/t14-,22+,25-,26+,28-,29+,30+,33+,34?,35?/m0/s1. The van der Waals surface area contributed by atoms with E-state index in [1.165, 1.54) is 31.2 Å². The summed E-state index contributed by atoms with van der Waals surface area (Å²) in [5.74, 6) is -6.43. The molecule has 296 valence electrons. The smallest absolute Gasteiger partial charge is 0.330 e. The lowest BCUT2D eigenvalue weighted by Gasteiger charge is -2.45. The summed E-state index contributed by atoms with van der Waals surface area (Å²) in [5, 5.41) is 113. The summed E-state index contributed by atoms with van der Waals surface area (Å²) < 4.78 is 34.1. The SMILES string of the molecule is C[C@@H]1OC(Oc2c(-c3ccc(O)c(O)c3)oc3cc(O)cc(O)c3c2=O)[C@H](OC2O[C@H](COC(=O)/C=C/C3=CCC(O)(O)C=C3)[C@@H](O)[C@H](O)[C@H]2O)[C@H](O)[C@H]1O. The van der Waals surface area contributed by atoms with Gasteiger partial charge < -0.3 is 84.3 Å². The van der Waals surface area contributed by atoms with Crippen molar-refractivity contribution in [1.82, 2.24) is 0 Å². The van der Waals surface area contributed by atoms with Gasteiger partial charge in [-0.3, -0.25) is 4.79 Å². The number of phenolic OH excluding ortho intramolecular Hbond substituents is 4. The van der Waals surface area contributed by atoms with Crippen LogP contribution in [0.1, 0.15) is 13.3 Å². The minimum absolute atomic E-state index is 0.0614. The number of carbonyl (C=O) groups excluding carboxylic acids is 1. The summed E-state index contributed by atoms with van der Waals surface area (Å²) in [6, 6.07) is 5.18. The summed E-state index contributed by atoms with van der Waals surface area (Å²) in [5.41, 5.74) is -0.974. The van der Waals surface area contributed by atoms with E-state index in [0.29, 0.717) is 5.57 Å². The Morgan fingerprint density at radius 1 is 0.891 bits per heavy atom. The highest BCUT2D eigenvalue weighted by atomic mass is 16.8. The molecule has 1 aromatic heterocycles. The van der Waals surface area contributed by atoms with Crippen molar-refractivity contribution in [3.05, 3.63) is 76.5 Å². The van der Waals surface area contributed by atoms with E-state index in [2.05, 4.69) is 0 Å². The van der Waals surface area contributed by atoms with Crippen LogP contribution in [0.4, 0.5) is 0 Å². The fourth-order valence-corrected chi connectivity index (χ4v) is 6.04. The molecule has 3 aliphatic rings. The second-order valence-electron chi connectivity index (χ2n) is 13.1. The van der Waals surface area contributed by atoms with E-state index in [1.54, 1.807) is 0 Å². The molecule has 3 heterocycles. The largest absolute Gasteiger partial charge is 0.508 e. The predicted octanol–water partition coefficient (Wildman–Crippen LogP) is -1.01. The van der Waals surface area contributed by atoms with Crippen LogP contribution in [0, 0.1) is 0 Å². The number of phenols is 4. The van der Waals surface area contributed by atoms with Crippen molar-refractivity contribution >= 4 is 16.9 Å². The van der Waals surface area contributed by atoms with E-state index in [4.69, 9.17) is 28.1 Å². The summed E-state index contributed by atoms with van der Waals surface area (Å²) in [7, 11) is 0. The normalized spacial score (nSPS) is 30.7. The summed E-state index contributed by atoms with van der Waals surface area (Å²) in [6.45, 7) is 0.651. The molecular formula is C36H38O19. The van der Waals surface area contributed by atoms with Gasteiger partial charge in [-0.25, -0.2) is 4.79 Å². The lowest BCUT2D eigenvalue weighted by molar-refractivity contribution is -0.355. The first-order chi connectivity index (χ1) is 25.9. The minimum Gasteiger partial charge on any atom is -0.508 e. The average Bonchev–Trinajstić information content (AvgIpc) is 3.13. The van der Waals surface area contributed by atoms with Crippen LogP contribution in [-0.2, 0) is 23.7 Å². The number of aromatic hydroxyl groups is 4. The van der Waals surface area contributed by atoms with Gasteiger partial charge >= 0.3 is 5.97 Å². The zero-order valence-electron chi connectivity index (χ0n) is 28.6. The number of allylic oxidation sites excluding steroid dienone is 3. The van der Waals surface area contributed by atoms with Gasteiger partial charge in [-0.1, -0.05) is 12.2 Å². The van der Waals surface area contributed by atoms with E-state index in [-0.39, 0.29) is 17.6 Å². The number of hydrogen-bond donors (Lipinski definition) is 11. The molecular weight excluding hydrogens is 736 g/mol. The van der Waals surface area contributed by atoms with Gasteiger partial charge in [0, 0.05) is 30.2 Å². The molecule has 10 atom stereocenters. The molecule has 2 unspecified atom stereocenters. The van der Waals surface area contributed by atoms with Gasteiger partial charge in [0.2, 0.25) is 17.5 Å². The highest BCUT2D eigenvalue weighted by molar-refractivity contribution is 5.88. The molecule has 2 aliphatic heterocycles. The van der Waals surface area contributed by atoms with Crippen molar-refractivity contribution in [2.75, 3.05) is 6.61 Å². The second kappa shape index (κ2) is 15.6. The molecule has 0 radical (unpaired) electrons. The Balaban J connectivity index is 1.27. The molecule has 0 spiro atoms. The van der Waals surface area contributed by atoms with Crippen molar-refractivity contribution in [1.29, 1.82) is 0 Å². The molecule has 2 saturated heterocycles. The lowest BCUT2D eigenvalue weighted by atomic mass is 9.97. The molecule has 6 rings (SSSR count). The number of ether oxygens (including phenoxy) is 5. The fraction of sp³-hybridized carbons (Fsp3) is 0.389. The number of aliphatic hydroxyl groups excluding tert-OH is 5. The molecule has 0 bridgehead atoms. The van der Waals surface area contributed by atoms with Crippen LogP contribution in [0.2, 0.25) is 0 Å². The number of esters is 1. The maximum absolute atomic E-state index is 13.9. The third-order valence-electron chi connectivity index (χ3n) is 9.12. The number of aliphatic hydroxyl groups is 7. The van der Waals surface area contributed by atoms with Gasteiger partial charge in [-0.05, 0) is 42.8 Å². The van der Waals surface area contributed by atoms with Crippen LogP contribution >= 0.6 is 0 Å².